The van der Waals surface area contributed by atoms with Crippen LogP contribution in [0.25, 0.3) is 0 Å². The van der Waals surface area contributed by atoms with E-state index in [1.54, 1.807) is 0 Å². The van der Waals surface area contributed by atoms with Gasteiger partial charge in [-0.25, -0.2) is 0 Å². The molecule has 242 valence electrons. The van der Waals surface area contributed by atoms with E-state index in [-0.39, 0.29) is 6.42 Å². The molecule has 0 radical (unpaired) electrons. The average molecular weight is 683 g/mol. The maximum Gasteiger partial charge on any atom is 0.310 e. The van der Waals surface area contributed by atoms with Gasteiger partial charge in [-0.3, -0.25) is 33.6 Å². The summed E-state index contributed by atoms with van der Waals surface area (Å²) >= 11 is 3.40. The number of carbonyl (C=O) groups is 7. The van der Waals surface area contributed by atoms with Crippen LogP contribution in [0.2, 0.25) is 0 Å². The summed E-state index contributed by atoms with van der Waals surface area (Å²) in [5, 5.41) is 0. The van der Waals surface area contributed by atoms with Gasteiger partial charge in [-0.05, 0) is 0 Å². The zero-order valence-corrected chi connectivity index (χ0v) is 26.2. The summed E-state index contributed by atoms with van der Waals surface area (Å²) in [7, 11) is 1.15. The minimum atomic E-state index is -1.68. The highest BCUT2D eigenvalue weighted by molar-refractivity contribution is 9.09. The van der Waals surface area contributed by atoms with Gasteiger partial charge in [0.25, 0.3) is 0 Å². The van der Waals surface area contributed by atoms with E-state index in [0.717, 1.165) is 48.7 Å². The number of rotatable bonds is 10. The lowest BCUT2D eigenvalue weighted by atomic mass is 9.82. The molecule has 17 heteroatoms. The predicted octanol–water partition coefficient (Wildman–Crippen LogP) is 0.275. The number of esters is 7. The van der Waals surface area contributed by atoms with Gasteiger partial charge in [-0.15, -0.1) is 0 Å². The van der Waals surface area contributed by atoms with Crippen molar-refractivity contribution in [3.8, 4) is 0 Å². The monoisotopic (exact) mass is 682 g/mol. The summed E-state index contributed by atoms with van der Waals surface area (Å²) in [5.41, 5.74) is 0. The molecule has 0 unspecified atom stereocenters. The van der Waals surface area contributed by atoms with Crippen LogP contribution in [0.3, 0.4) is 0 Å². The van der Waals surface area contributed by atoms with Crippen LogP contribution in [-0.4, -0.2) is 109 Å². The first-order chi connectivity index (χ1) is 20.0. The first-order valence-electron chi connectivity index (χ1n) is 13.1. The SMILES string of the molecule is COC(=O)[C@@H]1C[C@@H](OC(C)=O)[C@@H](OC(C)=O)[C@H](O[C@@H]2O[C@H](COC(C)=O)[C@@H](OC(C)=O)[C@H](OC(C)=O)[C@H]2OC(C)=O)[C@H]1Br. The summed E-state index contributed by atoms with van der Waals surface area (Å²) in [6.07, 6.45) is -11.6. The Morgan fingerprint density at radius 2 is 1.14 bits per heavy atom. The molecule has 1 heterocycles. The quantitative estimate of drug-likeness (QED) is 0.172. The van der Waals surface area contributed by atoms with Crippen molar-refractivity contribution in [2.75, 3.05) is 13.7 Å². The number of methoxy groups -OCH3 is 1. The highest BCUT2D eigenvalue weighted by Crippen LogP contribution is 2.39. The number of hydrogen-bond donors (Lipinski definition) is 0. The molecule has 2 aliphatic rings. The van der Waals surface area contributed by atoms with Crippen molar-refractivity contribution >= 4 is 57.7 Å². The second-order valence-corrected chi connectivity index (χ2v) is 10.8. The average Bonchev–Trinajstić information content (AvgIpc) is 2.87. The molecule has 0 N–H and O–H groups in total. The van der Waals surface area contributed by atoms with E-state index in [9.17, 15) is 33.6 Å². The summed E-state index contributed by atoms with van der Waals surface area (Å²) in [6, 6.07) is 0. The molecule has 10 atom stereocenters. The fourth-order valence-electron chi connectivity index (χ4n) is 4.78. The molecule has 2 rings (SSSR count). The zero-order valence-electron chi connectivity index (χ0n) is 24.6. The minimum absolute atomic E-state index is 0.126. The zero-order chi connectivity index (χ0) is 32.6. The van der Waals surface area contributed by atoms with Crippen LogP contribution in [0, 0.1) is 5.92 Å². The van der Waals surface area contributed by atoms with Gasteiger partial charge in [0.05, 0.1) is 17.9 Å². The van der Waals surface area contributed by atoms with Crippen LogP contribution in [0.15, 0.2) is 0 Å². The fraction of sp³-hybridized carbons (Fsp3) is 0.731. The predicted molar refractivity (Wildman–Crippen MR) is 141 cm³/mol. The third kappa shape index (κ3) is 10.1. The first-order valence-corrected chi connectivity index (χ1v) is 14.0. The standard InChI is InChI=1S/C26H35BrO16/c1-10(28)36-9-18-21(39-13(4)31)23(40-14(5)32)24(41-15(6)33)26(42-18)43-22-19(27)16(25(34)35-7)8-17(37-11(2)29)20(22)38-12(3)30/h16-24,26H,8-9H2,1-7H3/t16-,17-,18-,19+,20-,21-,22-,23+,24-,26+/m1/s1. The lowest BCUT2D eigenvalue weighted by Crippen LogP contribution is -2.65. The third-order valence-corrected chi connectivity index (χ3v) is 7.40. The molecular formula is C26H35BrO16. The normalized spacial score (nSPS) is 31.9. The van der Waals surface area contributed by atoms with Gasteiger partial charge in [0.15, 0.2) is 30.7 Å². The number of alkyl halides is 1. The molecule has 1 saturated carbocycles. The van der Waals surface area contributed by atoms with Crippen LogP contribution < -0.4 is 0 Å². The molecule has 1 aliphatic carbocycles. The first kappa shape index (κ1) is 35.9. The van der Waals surface area contributed by atoms with Crippen molar-refractivity contribution < 1.29 is 76.2 Å². The number of hydrogen-bond acceptors (Lipinski definition) is 16. The van der Waals surface area contributed by atoms with E-state index in [1.165, 1.54) is 0 Å². The van der Waals surface area contributed by atoms with Crippen molar-refractivity contribution in [1.82, 2.24) is 0 Å². The molecule has 0 amide bonds. The molecule has 0 bridgehead atoms. The Morgan fingerprint density at radius 3 is 1.63 bits per heavy atom. The van der Waals surface area contributed by atoms with Gasteiger partial charge >= 0.3 is 41.8 Å². The van der Waals surface area contributed by atoms with Crippen molar-refractivity contribution in [2.24, 2.45) is 5.92 Å². The Morgan fingerprint density at radius 1 is 0.651 bits per heavy atom. The lowest BCUT2D eigenvalue weighted by molar-refractivity contribution is -0.326. The highest BCUT2D eigenvalue weighted by Gasteiger charge is 2.57. The Kier molecular flexibility index (Phi) is 13.3. The van der Waals surface area contributed by atoms with Crippen LogP contribution in [0.1, 0.15) is 48.0 Å². The van der Waals surface area contributed by atoms with Crippen LogP contribution in [0.4, 0.5) is 0 Å². The Hall–Kier alpha value is -3.31. The van der Waals surface area contributed by atoms with E-state index in [1.807, 2.05) is 0 Å². The number of halogens is 1. The van der Waals surface area contributed by atoms with Gasteiger partial charge in [0.2, 0.25) is 0 Å². The second kappa shape index (κ2) is 16.0. The summed E-state index contributed by atoms with van der Waals surface area (Å²) < 4.78 is 49.2. The molecule has 2 fully saturated rings. The van der Waals surface area contributed by atoms with Gasteiger partial charge in [0.1, 0.15) is 24.9 Å². The van der Waals surface area contributed by atoms with E-state index in [4.69, 9.17) is 42.6 Å². The molecule has 1 aliphatic heterocycles. The van der Waals surface area contributed by atoms with Crippen LogP contribution >= 0.6 is 15.9 Å². The maximum absolute atomic E-state index is 12.7. The largest absolute Gasteiger partial charge is 0.469 e. The van der Waals surface area contributed by atoms with Crippen LogP contribution in [0.5, 0.6) is 0 Å². The van der Waals surface area contributed by atoms with Crippen molar-refractivity contribution in [3.63, 3.8) is 0 Å². The molecule has 16 nitrogen and oxygen atoms in total. The molecular weight excluding hydrogens is 648 g/mol. The third-order valence-electron chi connectivity index (χ3n) is 6.24. The summed E-state index contributed by atoms with van der Waals surface area (Å²) in [4.78, 5) is 83.7. The highest BCUT2D eigenvalue weighted by atomic mass is 79.9. The van der Waals surface area contributed by atoms with E-state index >= 15 is 0 Å². The Balaban J connectivity index is 2.66. The Bertz CT molecular complexity index is 1080. The molecule has 1 saturated heterocycles. The van der Waals surface area contributed by atoms with Gasteiger partial charge in [-0.1, -0.05) is 15.9 Å². The molecule has 43 heavy (non-hydrogen) atoms. The van der Waals surface area contributed by atoms with E-state index in [2.05, 4.69) is 15.9 Å². The topological polar surface area (TPSA) is 203 Å². The molecule has 0 spiro atoms. The fourth-order valence-corrected chi connectivity index (χ4v) is 5.64. The summed E-state index contributed by atoms with van der Waals surface area (Å²) in [5.74, 6) is -6.53. The molecule has 0 aromatic heterocycles. The molecule has 0 aromatic carbocycles. The van der Waals surface area contributed by atoms with E-state index in [0.29, 0.717) is 0 Å². The van der Waals surface area contributed by atoms with Crippen molar-refractivity contribution in [3.05, 3.63) is 0 Å². The van der Waals surface area contributed by atoms with Crippen molar-refractivity contribution in [1.29, 1.82) is 0 Å². The summed E-state index contributed by atoms with van der Waals surface area (Å²) in [6.45, 7) is 5.99. The van der Waals surface area contributed by atoms with Crippen molar-refractivity contribution in [2.45, 2.75) is 102 Å². The van der Waals surface area contributed by atoms with Gasteiger partial charge < -0.3 is 42.6 Å². The van der Waals surface area contributed by atoms with Gasteiger partial charge in [0, 0.05) is 48.0 Å². The number of ether oxygens (including phenoxy) is 9. The van der Waals surface area contributed by atoms with E-state index < -0.39 is 108 Å². The smallest absolute Gasteiger partial charge is 0.310 e. The lowest BCUT2D eigenvalue weighted by Gasteiger charge is -2.48. The van der Waals surface area contributed by atoms with Gasteiger partial charge in [-0.2, -0.15) is 0 Å². The maximum atomic E-state index is 12.7. The Labute approximate surface area is 255 Å². The minimum Gasteiger partial charge on any atom is -0.469 e. The second-order valence-electron chi connectivity index (χ2n) is 9.70. The number of carbonyl (C=O) groups excluding carboxylic acids is 7. The van der Waals surface area contributed by atoms with Crippen LogP contribution in [-0.2, 0) is 76.2 Å². The molecule has 0 aromatic rings.